The summed E-state index contributed by atoms with van der Waals surface area (Å²) >= 11 is 0. The van der Waals surface area contributed by atoms with Crippen LogP contribution in [0.3, 0.4) is 0 Å². The molecular weight excluding hydrogens is 467 g/mol. The van der Waals surface area contributed by atoms with E-state index in [1.807, 2.05) is 0 Å². The second kappa shape index (κ2) is 13.0. The number of nitrogens with zero attached hydrogens (tertiary/aromatic N) is 1. The summed E-state index contributed by atoms with van der Waals surface area (Å²) in [6.07, 6.45) is -1.57. The molecule has 186 valence electrons. The molecule has 15 heteroatoms. The summed E-state index contributed by atoms with van der Waals surface area (Å²) in [6, 6.07) is 0. The van der Waals surface area contributed by atoms with Gasteiger partial charge in [0.1, 0.15) is 12.3 Å². The molecule has 1 aliphatic heterocycles. The maximum atomic E-state index is 11.7. The highest BCUT2D eigenvalue weighted by atomic mass is 31.2. The van der Waals surface area contributed by atoms with Gasteiger partial charge >= 0.3 is 25.5 Å². The van der Waals surface area contributed by atoms with Crippen LogP contribution in [0.1, 0.15) is 32.1 Å². The molecule has 1 saturated heterocycles. The molecule has 0 spiro atoms. The van der Waals surface area contributed by atoms with Gasteiger partial charge in [0.15, 0.2) is 0 Å². The van der Waals surface area contributed by atoms with E-state index in [4.69, 9.17) is 24.7 Å². The number of aromatic nitrogens is 2. The molecule has 0 bridgehead atoms. The topological polar surface area (TPSA) is 226 Å². The van der Waals surface area contributed by atoms with E-state index in [0.29, 0.717) is 5.56 Å². The fourth-order valence-corrected chi connectivity index (χ4v) is 2.35. The van der Waals surface area contributed by atoms with Crippen LogP contribution < -0.4 is 11.2 Å². The first kappa shape index (κ1) is 30.1. The molecule has 0 saturated carbocycles. The molecule has 1 aliphatic rings. The molecule has 0 aromatic carbocycles. The number of ether oxygens (including phenoxy) is 1. The Kier molecular flexibility index (Phi) is 11.9. The van der Waals surface area contributed by atoms with Gasteiger partial charge in [0.25, 0.3) is 5.56 Å². The third-order valence-corrected chi connectivity index (χ3v) is 4.28. The molecule has 2 rings (SSSR count). The number of aryl methyl sites for hydroxylation is 1. The Morgan fingerprint density at radius 1 is 1.21 bits per heavy atom. The van der Waals surface area contributed by atoms with Crippen LogP contribution in [-0.2, 0) is 23.4 Å². The van der Waals surface area contributed by atoms with E-state index in [0.717, 1.165) is 4.57 Å². The number of aliphatic carboxylic acids is 2. The second-order valence-corrected chi connectivity index (χ2v) is 8.11. The zero-order chi connectivity index (χ0) is 26.1. The minimum atomic E-state index is -4.67. The Bertz CT molecular complexity index is 990. The second-order valence-electron chi connectivity index (χ2n) is 6.87. The number of phosphoric acid groups is 1. The van der Waals surface area contributed by atoms with Crippen molar-refractivity contribution < 1.29 is 48.5 Å². The lowest BCUT2D eigenvalue weighted by molar-refractivity contribution is -0.133. The summed E-state index contributed by atoms with van der Waals surface area (Å²) < 4.78 is 21.4. The summed E-state index contributed by atoms with van der Waals surface area (Å²) in [5, 5.41) is 25.6. The van der Waals surface area contributed by atoms with Crippen LogP contribution in [0.25, 0.3) is 0 Å². The predicted octanol–water partition coefficient (Wildman–Crippen LogP) is -0.103. The normalized spacial score (nSPS) is 19.4. The van der Waals surface area contributed by atoms with E-state index < -0.39 is 56.1 Å². The fourth-order valence-electron chi connectivity index (χ4n) is 2.01. The molecule has 33 heavy (non-hydrogen) atoms. The molecule has 1 aromatic rings. The van der Waals surface area contributed by atoms with Crippen LogP contribution >= 0.6 is 7.82 Å². The van der Waals surface area contributed by atoms with Crippen LogP contribution in [-0.4, -0.2) is 65.4 Å². The first-order valence-electron chi connectivity index (χ1n) is 9.09. The van der Waals surface area contributed by atoms with Crippen LogP contribution in [0.4, 0.5) is 0 Å². The Hall–Kier alpha value is -2.87. The van der Waals surface area contributed by atoms with Gasteiger partial charge in [-0.1, -0.05) is 13.2 Å². The molecule has 3 atom stereocenters. The smallest absolute Gasteiger partial charge is 0.469 e. The number of aliphatic hydroxyl groups is 1. The highest BCUT2D eigenvalue weighted by molar-refractivity contribution is 7.46. The van der Waals surface area contributed by atoms with E-state index in [9.17, 15) is 28.8 Å². The third-order valence-electron chi connectivity index (χ3n) is 3.80. The summed E-state index contributed by atoms with van der Waals surface area (Å²) in [4.78, 5) is 61.5. The van der Waals surface area contributed by atoms with Crippen molar-refractivity contribution in [3.05, 3.63) is 56.9 Å². The average Bonchev–Trinajstić information content (AvgIpc) is 3.03. The fraction of sp³-hybridized carbons (Fsp3) is 0.444. The average molecular weight is 494 g/mol. The van der Waals surface area contributed by atoms with Crippen LogP contribution in [0.5, 0.6) is 0 Å². The highest BCUT2D eigenvalue weighted by Gasteiger charge is 2.37. The molecule has 2 heterocycles. The van der Waals surface area contributed by atoms with E-state index in [2.05, 4.69) is 22.7 Å². The Morgan fingerprint density at radius 3 is 2.06 bits per heavy atom. The van der Waals surface area contributed by atoms with Gasteiger partial charge in [0, 0.05) is 29.3 Å². The Morgan fingerprint density at radius 2 is 1.67 bits per heavy atom. The van der Waals surface area contributed by atoms with Crippen molar-refractivity contribution in [1.82, 2.24) is 9.55 Å². The number of hydrogen-bond donors (Lipinski definition) is 6. The van der Waals surface area contributed by atoms with Crippen molar-refractivity contribution in [3.63, 3.8) is 0 Å². The molecular formula is C18H27N2O12P. The number of carboxylic acid groups (broad SMARTS) is 2. The quantitative estimate of drug-likeness (QED) is 0.225. The number of rotatable bonds is 6. The number of H-pyrrole nitrogens is 1. The number of carbonyl (C=O) groups is 2. The Labute approximate surface area is 187 Å². The number of aliphatic hydroxyl groups excluding tert-OH is 1. The molecule has 14 nitrogen and oxygen atoms in total. The van der Waals surface area contributed by atoms with Crippen molar-refractivity contribution in [2.75, 3.05) is 6.61 Å². The standard InChI is InChI=1S/C10H15N2O8P.2C4H6O2/c1-5-3-12(10(15)11-9(5)14)8-2-6(13)7(20-8)4-19-21(16,17)18;2*1-3(2)4(5)6/h3,6-8,13H,2,4H2,1H3,(H,11,14,15)(H2,16,17,18);2*1H2,2H3,(H,5,6)/t6-,7+,8+;;/m0../s1. The number of aromatic amines is 1. The lowest BCUT2D eigenvalue weighted by atomic mass is 10.2. The van der Waals surface area contributed by atoms with Crippen LogP contribution in [0, 0.1) is 6.92 Å². The predicted molar refractivity (Wildman–Crippen MR) is 113 cm³/mol. The largest absolute Gasteiger partial charge is 0.478 e. The lowest BCUT2D eigenvalue weighted by Gasteiger charge is -2.16. The minimum absolute atomic E-state index is 0.0283. The van der Waals surface area contributed by atoms with E-state index >= 15 is 0 Å². The van der Waals surface area contributed by atoms with Crippen molar-refractivity contribution in [1.29, 1.82) is 0 Å². The maximum Gasteiger partial charge on any atom is 0.469 e. The molecule has 6 N–H and O–H groups in total. The molecule has 1 aromatic heterocycles. The van der Waals surface area contributed by atoms with Gasteiger partial charge in [0.05, 0.1) is 12.7 Å². The molecule has 0 amide bonds. The van der Waals surface area contributed by atoms with Gasteiger partial charge in [-0.25, -0.2) is 18.9 Å². The first-order valence-corrected chi connectivity index (χ1v) is 10.6. The zero-order valence-electron chi connectivity index (χ0n) is 18.1. The molecule has 0 aliphatic carbocycles. The monoisotopic (exact) mass is 494 g/mol. The summed E-state index contributed by atoms with van der Waals surface area (Å²) in [7, 11) is -4.67. The SMILES string of the molecule is C=C(C)C(=O)O.C=C(C)C(=O)O.Cc1cn([C@H]2C[C@H](O)[C@@H](COP(=O)(O)O)O2)c(=O)[nH]c1=O. The summed E-state index contributed by atoms with van der Waals surface area (Å²) in [6.45, 7) is 10.2. The number of hydrogen-bond acceptors (Lipinski definition) is 8. The van der Waals surface area contributed by atoms with Crippen molar-refractivity contribution >= 4 is 19.8 Å². The van der Waals surface area contributed by atoms with Gasteiger partial charge in [-0.3, -0.25) is 18.9 Å². The van der Waals surface area contributed by atoms with Gasteiger partial charge in [-0.15, -0.1) is 0 Å². The Balaban J connectivity index is 0.000000705. The molecule has 0 radical (unpaired) electrons. The first-order chi connectivity index (χ1) is 15.0. The van der Waals surface area contributed by atoms with Crippen molar-refractivity contribution in [3.8, 4) is 0 Å². The van der Waals surface area contributed by atoms with Crippen molar-refractivity contribution in [2.45, 2.75) is 45.6 Å². The third kappa shape index (κ3) is 11.5. The van der Waals surface area contributed by atoms with Gasteiger partial charge in [-0.2, -0.15) is 0 Å². The van der Waals surface area contributed by atoms with E-state index in [1.165, 1.54) is 27.0 Å². The number of phosphoric ester groups is 1. The summed E-state index contributed by atoms with van der Waals surface area (Å²) in [5.74, 6) is -1.87. The highest BCUT2D eigenvalue weighted by Crippen LogP contribution is 2.38. The number of nitrogens with one attached hydrogen (secondary N) is 1. The molecule has 1 fully saturated rings. The van der Waals surface area contributed by atoms with Gasteiger partial charge in [0.2, 0.25) is 0 Å². The maximum absolute atomic E-state index is 11.7. The van der Waals surface area contributed by atoms with Gasteiger partial charge < -0.3 is 29.8 Å². The van der Waals surface area contributed by atoms with Gasteiger partial charge in [-0.05, 0) is 20.8 Å². The summed E-state index contributed by atoms with van der Waals surface area (Å²) in [5.41, 5.74) is -0.567. The van der Waals surface area contributed by atoms with E-state index in [-0.39, 0.29) is 17.6 Å². The van der Waals surface area contributed by atoms with Crippen molar-refractivity contribution in [2.24, 2.45) is 0 Å². The zero-order valence-corrected chi connectivity index (χ0v) is 19.0. The van der Waals surface area contributed by atoms with Crippen LogP contribution in [0.15, 0.2) is 40.1 Å². The van der Waals surface area contributed by atoms with E-state index in [1.54, 1.807) is 0 Å². The molecule has 0 unspecified atom stereocenters. The lowest BCUT2D eigenvalue weighted by Crippen LogP contribution is -2.33. The number of carboxylic acids is 2. The minimum Gasteiger partial charge on any atom is -0.478 e. The van der Waals surface area contributed by atoms with Crippen LogP contribution in [0.2, 0.25) is 0 Å².